The largest absolute Gasteiger partial charge is 0.417 e. The number of alkyl halides is 3. The summed E-state index contributed by atoms with van der Waals surface area (Å²) in [6.07, 6.45) is -4.77. The van der Waals surface area contributed by atoms with E-state index in [-0.39, 0.29) is 16.3 Å². The molecular weight excluding hydrogens is 333 g/mol. The lowest BCUT2D eigenvalue weighted by molar-refractivity contribution is -0.138. The van der Waals surface area contributed by atoms with Crippen LogP contribution in [0.3, 0.4) is 0 Å². The third-order valence-corrected chi connectivity index (χ3v) is 3.47. The summed E-state index contributed by atoms with van der Waals surface area (Å²) < 4.78 is 39.7. The predicted octanol–water partition coefficient (Wildman–Crippen LogP) is 2.96. The Kier molecular flexibility index (Phi) is 3.52. The van der Waals surface area contributed by atoms with Gasteiger partial charge in [-0.2, -0.15) is 23.2 Å². The van der Waals surface area contributed by atoms with E-state index in [1.165, 1.54) is 24.3 Å². The van der Waals surface area contributed by atoms with Crippen molar-refractivity contribution in [1.29, 1.82) is 0 Å². The molecule has 3 rings (SSSR count). The van der Waals surface area contributed by atoms with Crippen LogP contribution in [-0.4, -0.2) is 11.8 Å². The standard InChI is InChI=1S/C15H6ClF3N2O2/c16-8-3-1-7(2-4-8)13(22)11-9(15(17,18)19)5-6-10-12(11)21-14(23)20-10/h1-6H. The molecular formula is C15H6ClF3N2O2. The molecule has 0 unspecified atom stereocenters. The number of amides is 2. The lowest BCUT2D eigenvalue weighted by Crippen LogP contribution is -2.33. The fourth-order valence-electron chi connectivity index (χ4n) is 2.22. The van der Waals surface area contributed by atoms with Gasteiger partial charge in [0.05, 0.1) is 16.5 Å². The fourth-order valence-corrected chi connectivity index (χ4v) is 2.34. The molecule has 1 aliphatic heterocycles. The minimum absolute atomic E-state index is 0.00264. The Morgan fingerprint density at radius 2 is 1.65 bits per heavy atom. The molecule has 0 radical (unpaired) electrons. The molecule has 2 aromatic carbocycles. The molecule has 2 aromatic rings. The first-order valence-corrected chi connectivity index (χ1v) is 6.67. The van der Waals surface area contributed by atoms with E-state index in [9.17, 15) is 22.8 Å². The maximum Gasteiger partial charge on any atom is 0.417 e. The zero-order valence-corrected chi connectivity index (χ0v) is 11.9. The van der Waals surface area contributed by atoms with Gasteiger partial charge in [0.1, 0.15) is 5.36 Å². The molecule has 0 saturated carbocycles. The van der Waals surface area contributed by atoms with Crippen molar-refractivity contribution >= 4 is 23.4 Å². The molecule has 0 saturated heterocycles. The van der Waals surface area contributed by atoms with Crippen LogP contribution in [-0.2, 0) is 6.18 Å². The second-order valence-electron chi connectivity index (χ2n) is 4.70. The summed E-state index contributed by atoms with van der Waals surface area (Å²) in [6.45, 7) is 0. The second-order valence-corrected chi connectivity index (χ2v) is 5.13. The van der Waals surface area contributed by atoms with Crippen LogP contribution in [0.2, 0.25) is 5.02 Å². The topological polar surface area (TPSA) is 58.9 Å². The molecule has 0 N–H and O–H groups in total. The lowest BCUT2D eigenvalue weighted by Gasteiger charge is -2.11. The highest BCUT2D eigenvalue weighted by Gasteiger charge is 2.37. The highest BCUT2D eigenvalue weighted by atomic mass is 35.5. The Morgan fingerprint density at radius 3 is 2.26 bits per heavy atom. The van der Waals surface area contributed by atoms with Crippen molar-refractivity contribution in [2.45, 2.75) is 6.18 Å². The summed E-state index contributed by atoms with van der Waals surface area (Å²) in [7, 11) is 0. The minimum atomic E-state index is -4.77. The number of carbonyl (C=O) groups excluding carboxylic acids is 2. The average molecular weight is 339 g/mol. The zero-order chi connectivity index (χ0) is 16.8. The molecule has 1 heterocycles. The SMILES string of the molecule is O=C1N=c2ccc(C(F)(F)F)c(C(=O)c3ccc(Cl)cc3)c2=N1. The number of hydrogen-bond acceptors (Lipinski definition) is 2. The molecule has 0 bridgehead atoms. The minimum Gasteiger partial charge on any atom is -0.289 e. The number of urea groups is 1. The molecule has 1 aliphatic rings. The summed E-state index contributed by atoms with van der Waals surface area (Å²) >= 11 is 5.71. The number of nitrogens with zero attached hydrogens (tertiary/aromatic N) is 2. The van der Waals surface area contributed by atoms with Crippen molar-refractivity contribution in [3.05, 3.63) is 68.8 Å². The van der Waals surface area contributed by atoms with Crippen molar-refractivity contribution < 1.29 is 22.8 Å². The van der Waals surface area contributed by atoms with Crippen LogP contribution in [0, 0.1) is 0 Å². The van der Waals surface area contributed by atoms with Crippen molar-refractivity contribution in [2.75, 3.05) is 0 Å². The summed E-state index contributed by atoms with van der Waals surface area (Å²) in [5.41, 5.74) is -1.85. The monoisotopic (exact) mass is 338 g/mol. The molecule has 23 heavy (non-hydrogen) atoms. The number of carbonyl (C=O) groups is 2. The van der Waals surface area contributed by atoms with Crippen LogP contribution in [0.25, 0.3) is 0 Å². The molecule has 4 nitrogen and oxygen atoms in total. The quantitative estimate of drug-likeness (QED) is 0.790. The van der Waals surface area contributed by atoms with Crippen LogP contribution in [0.5, 0.6) is 0 Å². The first-order valence-electron chi connectivity index (χ1n) is 6.29. The lowest BCUT2D eigenvalue weighted by atomic mass is 9.97. The van der Waals surface area contributed by atoms with Crippen LogP contribution in [0.4, 0.5) is 18.0 Å². The predicted molar refractivity (Wildman–Crippen MR) is 74.0 cm³/mol. The summed E-state index contributed by atoms with van der Waals surface area (Å²) in [6, 6.07) is 6.18. The van der Waals surface area contributed by atoms with Crippen LogP contribution < -0.4 is 10.7 Å². The molecule has 0 fully saturated rings. The van der Waals surface area contributed by atoms with Crippen LogP contribution >= 0.6 is 11.6 Å². The number of halogens is 4. The molecule has 0 aliphatic carbocycles. The summed E-state index contributed by atoms with van der Waals surface area (Å²) in [5.74, 6) is -0.903. The van der Waals surface area contributed by atoms with Gasteiger partial charge in [-0.25, -0.2) is 4.79 Å². The number of rotatable bonds is 2. The average Bonchev–Trinajstić information content (AvgIpc) is 2.85. The fraction of sp³-hybridized carbons (Fsp3) is 0.0667. The van der Waals surface area contributed by atoms with E-state index in [2.05, 4.69) is 9.98 Å². The smallest absolute Gasteiger partial charge is 0.289 e. The van der Waals surface area contributed by atoms with E-state index in [1.54, 1.807) is 0 Å². The second kappa shape index (κ2) is 5.27. The van der Waals surface area contributed by atoms with Gasteiger partial charge in [0, 0.05) is 10.6 Å². The highest BCUT2D eigenvalue weighted by molar-refractivity contribution is 6.30. The van der Waals surface area contributed by atoms with E-state index in [0.717, 1.165) is 12.1 Å². The number of ketones is 1. The van der Waals surface area contributed by atoms with Crippen LogP contribution in [0.15, 0.2) is 46.4 Å². The third-order valence-electron chi connectivity index (χ3n) is 3.22. The number of fused-ring (bicyclic) bond motifs is 1. The van der Waals surface area contributed by atoms with Gasteiger partial charge in [-0.3, -0.25) is 4.79 Å². The Morgan fingerprint density at radius 1 is 1.00 bits per heavy atom. The first kappa shape index (κ1) is 15.4. The Bertz CT molecular complexity index is 950. The van der Waals surface area contributed by atoms with Gasteiger partial charge in [-0.05, 0) is 36.4 Å². The van der Waals surface area contributed by atoms with Crippen LogP contribution in [0.1, 0.15) is 21.5 Å². The molecule has 2 amide bonds. The van der Waals surface area contributed by atoms with Crippen molar-refractivity contribution in [1.82, 2.24) is 0 Å². The summed E-state index contributed by atoms with van der Waals surface area (Å²) in [5, 5.41) is -0.0733. The van der Waals surface area contributed by atoms with Crippen molar-refractivity contribution in [3.8, 4) is 0 Å². The Labute approximate surface area is 131 Å². The van der Waals surface area contributed by atoms with E-state index < -0.39 is 29.1 Å². The van der Waals surface area contributed by atoms with Gasteiger partial charge in [0.25, 0.3) is 0 Å². The molecule has 0 atom stereocenters. The maximum atomic E-state index is 13.2. The van der Waals surface area contributed by atoms with Gasteiger partial charge in [0.2, 0.25) is 0 Å². The van der Waals surface area contributed by atoms with Gasteiger partial charge in [0.15, 0.2) is 5.78 Å². The van der Waals surface area contributed by atoms with Gasteiger partial charge < -0.3 is 0 Å². The number of hydrogen-bond donors (Lipinski definition) is 0. The van der Waals surface area contributed by atoms with E-state index >= 15 is 0 Å². The first-order chi connectivity index (χ1) is 10.8. The normalized spacial score (nSPS) is 13.3. The van der Waals surface area contributed by atoms with Crippen molar-refractivity contribution in [3.63, 3.8) is 0 Å². The Balaban J connectivity index is 2.30. The van der Waals surface area contributed by atoms with Gasteiger partial charge >= 0.3 is 12.2 Å². The molecule has 116 valence electrons. The third kappa shape index (κ3) is 2.75. The van der Waals surface area contributed by atoms with Crippen molar-refractivity contribution in [2.24, 2.45) is 9.98 Å². The number of benzene rings is 2. The van der Waals surface area contributed by atoms with E-state index in [4.69, 9.17) is 11.6 Å². The summed E-state index contributed by atoms with van der Waals surface area (Å²) in [4.78, 5) is 30.7. The molecule has 8 heteroatoms. The van der Waals surface area contributed by atoms with Gasteiger partial charge in [-0.15, -0.1) is 0 Å². The van der Waals surface area contributed by atoms with Gasteiger partial charge in [-0.1, -0.05) is 11.6 Å². The Hall–Kier alpha value is -2.54. The molecule has 0 aromatic heterocycles. The maximum absolute atomic E-state index is 13.2. The van der Waals surface area contributed by atoms with E-state index in [1.807, 2.05) is 0 Å². The van der Waals surface area contributed by atoms with E-state index in [0.29, 0.717) is 5.02 Å². The highest BCUT2D eigenvalue weighted by Crippen LogP contribution is 2.31. The molecule has 0 spiro atoms. The zero-order valence-electron chi connectivity index (χ0n) is 11.2.